The standard InChI is InChI=1S/C14H16N2O/c15-16-14(12-7-3-1-4-8-12)11-17-13-9-5-2-6-10-13/h1-10,14,16H,11,15H2. The second kappa shape index (κ2) is 6.03. The molecule has 0 aromatic heterocycles. The average molecular weight is 228 g/mol. The molecule has 0 saturated heterocycles. The molecular weight excluding hydrogens is 212 g/mol. The second-order valence-electron chi connectivity index (χ2n) is 3.75. The number of nitrogens with one attached hydrogen (secondary N) is 1. The molecule has 0 radical (unpaired) electrons. The van der Waals surface area contributed by atoms with Crippen LogP contribution in [0, 0.1) is 0 Å². The van der Waals surface area contributed by atoms with Gasteiger partial charge in [0.25, 0.3) is 0 Å². The fourth-order valence-electron chi connectivity index (χ4n) is 1.62. The fourth-order valence-corrected chi connectivity index (χ4v) is 1.62. The van der Waals surface area contributed by atoms with Crippen LogP contribution in [0.4, 0.5) is 0 Å². The number of para-hydroxylation sites is 1. The zero-order valence-electron chi connectivity index (χ0n) is 9.54. The number of benzene rings is 2. The highest BCUT2D eigenvalue weighted by Crippen LogP contribution is 2.15. The van der Waals surface area contributed by atoms with Gasteiger partial charge in [-0.3, -0.25) is 5.84 Å². The summed E-state index contributed by atoms with van der Waals surface area (Å²) in [6.45, 7) is 0.504. The maximum atomic E-state index is 5.67. The molecule has 2 aromatic rings. The summed E-state index contributed by atoms with van der Waals surface area (Å²) in [6.07, 6.45) is 0. The molecule has 0 saturated carbocycles. The van der Waals surface area contributed by atoms with Crippen LogP contribution in [-0.2, 0) is 0 Å². The van der Waals surface area contributed by atoms with E-state index in [1.54, 1.807) is 0 Å². The lowest BCUT2D eigenvalue weighted by atomic mass is 10.1. The summed E-state index contributed by atoms with van der Waals surface area (Å²) in [5, 5.41) is 0. The molecule has 0 aliphatic carbocycles. The van der Waals surface area contributed by atoms with E-state index in [2.05, 4.69) is 5.43 Å². The van der Waals surface area contributed by atoms with Crippen molar-refractivity contribution in [2.75, 3.05) is 6.61 Å². The van der Waals surface area contributed by atoms with Crippen LogP contribution in [0.2, 0.25) is 0 Å². The molecule has 0 amide bonds. The minimum Gasteiger partial charge on any atom is -0.492 e. The Morgan fingerprint density at radius 2 is 1.53 bits per heavy atom. The lowest BCUT2D eigenvalue weighted by molar-refractivity contribution is 0.267. The Bertz CT molecular complexity index is 430. The topological polar surface area (TPSA) is 47.3 Å². The van der Waals surface area contributed by atoms with E-state index in [1.807, 2.05) is 60.7 Å². The molecule has 2 rings (SSSR count). The Morgan fingerprint density at radius 1 is 0.941 bits per heavy atom. The first-order chi connectivity index (χ1) is 8.40. The van der Waals surface area contributed by atoms with Gasteiger partial charge in [0, 0.05) is 0 Å². The Labute approximate surface area is 101 Å². The van der Waals surface area contributed by atoms with Crippen molar-refractivity contribution in [1.29, 1.82) is 0 Å². The molecule has 0 fully saturated rings. The smallest absolute Gasteiger partial charge is 0.119 e. The van der Waals surface area contributed by atoms with Gasteiger partial charge in [0.15, 0.2) is 0 Å². The van der Waals surface area contributed by atoms with Gasteiger partial charge < -0.3 is 4.74 Å². The highest BCUT2D eigenvalue weighted by molar-refractivity contribution is 5.22. The van der Waals surface area contributed by atoms with Crippen molar-refractivity contribution in [2.45, 2.75) is 6.04 Å². The normalized spacial score (nSPS) is 12.1. The molecule has 3 heteroatoms. The minimum atomic E-state index is -0.00333. The number of hydrogen-bond acceptors (Lipinski definition) is 3. The van der Waals surface area contributed by atoms with Crippen LogP contribution in [0.3, 0.4) is 0 Å². The van der Waals surface area contributed by atoms with Crippen LogP contribution < -0.4 is 16.0 Å². The maximum absolute atomic E-state index is 5.67. The Balaban J connectivity index is 1.97. The van der Waals surface area contributed by atoms with Crippen molar-refractivity contribution in [3.8, 4) is 5.75 Å². The fraction of sp³-hybridized carbons (Fsp3) is 0.143. The van der Waals surface area contributed by atoms with E-state index in [4.69, 9.17) is 10.6 Å². The van der Waals surface area contributed by atoms with Gasteiger partial charge in [0.2, 0.25) is 0 Å². The van der Waals surface area contributed by atoms with Crippen molar-refractivity contribution in [1.82, 2.24) is 5.43 Å². The van der Waals surface area contributed by atoms with Gasteiger partial charge in [-0.05, 0) is 17.7 Å². The molecule has 0 aliphatic heterocycles. The summed E-state index contributed by atoms with van der Waals surface area (Å²) >= 11 is 0. The molecule has 2 aromatic carbocycles. The van der Waals surface area contributed by atoms with Crippen molar-refractivity contribution in [2.24, 2.45) is 5.84 Å². The molecular formula is C14H16N2O. The lowest BCUT2D eigenvalue weighted by Crippen LogP contribution is -2.32. The predicted molar refractivity (Wildman–Crippen MR) is 68.4 cm³/mol. The Hall–Kier alpha value is -1.84. The lowest BCUT2D eigenvalue weighted by Gasteiger charge is -2.17. The molecule has 88 valence electrons. The molecule has 17 heavy (non-hydrogen) atoms. The Kier molecular flexibility index (Phi) is 4.13. The quantitative estimate of drug-likeness (QED) is 0.609. The third kappa shape index (κ3) is 3.31. The van der Waals surface area contributed by atoms with Crippen LogP contribution in [0.5, 0.6) is 5.75 Å². The van der Waals surface area contributed by atoms with E-state index < -0.39 is 0 Å². The highest BCUT2D eigenvalue weighted by atomic mass is 16.5. The monoisotopic (exact) mass is 228 g/mol. The van der Waals surface area contributed by atoms with Crippen LogP contribution >= 0.6 is 0 Å². The van der Waals surface area contributed by atoms with Crippen LogP contribution in [0.15, 0.2) is 60.7 Å². The van der Waals surface area contributed by atoms with Crippen molar-refractivity contribution in [3.63, 3.8) is 0 Å². The minimum absolute atomic E-state index is 0.00333. The molecule has 0 aliphatic rings. The summed E-state index contributed by atoms with van der Waals surface area (Å²) in [5.74, 6) is 6.39. The zero-order chi connectivity index (χ0) is 11.9. The van der Waals surface area contributed by atoms with E-state index in [9.17, 15) is 0 Å². The molecule has 0 spiro atoms. The van der Waals surface area contributed by atoms with Crippen molar-refractivity contribution in [3.05, 3.63) is 66.2 Å². The number of rotatable bonds is 5. The van der Waals surface area contributed by atoms with Crippen LogP contribution in [0.1, 0.15) is 11.6 Å². The highest BCUT2D eigenvalue weighted by Gasteiger charge is 2.09. The predicted octanol–water partition coefficient (Wildman–Crippen LogP) is 2.27. The van der Waals surface area contributed by atoms with Crippen LogP contribution in [-0.4, -0.2) is 6.61 Å². The van der Waals surface area contributed by atoms with Gasteiger partial charge in [0.1, 0.15) is 12.4 Å². The number of hydrogen-bond donors (Lipinski definition) is 2. The number of ether oxygens (including phenoxy) is 1. The molecule has 0 heterocycles. The maximum Gasteiger partial charge on any atom is 0.119 e. The number of nitrogens with two attached hydrogens (primary N) is 1. The van der Waals surface area contributed by atoms with E-state index in [-0.39, 0.29) is 6.04 Å². The zero-order valence-corrected chi connectivity index (χ0v) is 9.54. The summed E-state index contributed by atoms with van der Waals surface area (Å²) in [4.78, 5) is 0. The van der Waals surface area contributed by atoms with Crippen molar-refractivity contribution >= 4 is 0 Å². The largest absolute Gasteiger partial charge is 0.492 e. The molecule has 1 atom stereocenters. The van der Waals surface area contributed by atoms with E-state index in [0.717, 1.165) is 11.3 Å². The molecule has 3 nitrogen and oxygen atoms in total. The van der Waals surface area contributed by atoms with Gasteiger partial charge in [-0.1, -0.05) is 48.5 Å². The number of hydrazine groups is 1. The van der Waals surface area contributed by atoms with E-state index in [0.29, 0.717) is 6.61 Å². The molecule has 1 unspecified atom stereocenters. The third-order valence-corrected chi connectivity index (χ3v) is 2.56. The third-order valence-electron chi connectivity index (χ3n) is 2.56. The molecule has 0 bridgehead atoms. The summed E-state index contributed by atoms with van der Waals surface area (Å²) < 4.78 is 5.67. The summed E-state index contributed by atoms with van der Waals surface area (Å²) in [5.41, 5.74) is 3.88. The van der Waals surface area contributed by atoms with Gasteiger partial charge in [-0.15, -0.1) is 0 Å². The summed E-state index contributed by atoms with van der Waals surface area (Å²) in [6, 6.07) is 19.7. The van der Waals surface area contributed by atoms with Gasteiger partial charge in [0.05, 0.1) is 6.04 Å². The first kappa shape index (κ1) is 11.6. The van der Waals surface area contributed by atoms with Crippen LogP contribution in [0.25, 0.3) is 0 Å². The SMILES string of the molecule is NNC(COc1ccccc1)c1ccccc1. The van der Waals surface area contributed by atoms with Gasteiger partial charge in [-0.2, -0.15) is 0 Å². The second-order valence-corrected chi connectivity index (χ2v) is 3.75. The van der Waals surface area contributed by atoms with Crippen molar-refractivity contribution < 1.29 is 4.74 Å². The first-order valence-corrected chi connectivity index (χ1v) is 5.59. The van der Waals surface area contributed by atoms with E-state index in [1.165, 1.54) is 0 Å². The van der Waals surface area contributed by atoms with E-state index >= 15 is 0 Å². The Morgan fingerprint density at radius 3 is 2.12 bits per heavy atom. The van der Waals surface area contributed by atoms with Gasteiger partial charge in [-0.25, -0.2) is 5.43 Å². The first-order valence-electron chi connectivity index (χ1n) is 5.59. The average Bonchev–Trinajstić information content (AvgIpc) is 2.42. The summed E-state index contributed by atoms with van der Waals surface area (Å²) in [7, 11) is 0. The van der Waals surface area contributed by atoms with Gasteiger partial charge >= 0.3 is 0 Å². The molecule has 3 N–H and O–H groups in total.